The second-order valence-corrected chi connectivity index (χ2v) is 6.35. The number of benzene rings is 1. The van der Waals surface area contributed by atoms with Crippen molar-refractivity contribution < 1.29 is 8.42 Å². The molecule has 2 N–H and O–H groups in total. The SMILES string of the molecule is CNCc1ccc(S(=O)(=O)Nc2ccn(C)n2)cc1Cl. The number of halogens is 1. The van der Waals surface area contributed by atoms with E-state index in [9.17, 15) is 8.42 Å². The average Bonchev–Trinajstić information content (AvgIpc) is 2.76. The van der Waals surface area contributed by atoms with E-state index in [0.29, 0.717) is 11.6 Å². The summed E-state index contributed by atoms with van der Waals surface area (Å²) in [6.45, 7) is 0.576. The highest BCUT2D eigenvalue weighted by Gasteiger charge is 2.16. The largest absolute Gasteiger partial charge is 0.316 e. The number of aryl methyl sites for hydroxylation is 1. The van der Waals surface area contributed by atoms with Crippen LogP contribution in [0.5, 0.6) is 0 Å². The lowest BCUT2D eigenvalue weighted by Gasteiger charge is -2.08. The minimum Gasteiger partial charge on any atom is -0.316 e. The molecule has 0 aliphatic rings. The predicted molar refractivity (Wildman–Crippen MR) is 78.2 cm³/mol. The average molecular weight is 315 g/mol. The van der Waals surface area contributed by atoms with Crippen molar-refractivity contribution in [3.8, 4) is 0 Å². The van der Waals surface area contributed by atoms with Crippen molar-refractivity contribution in [2.45, 2.75) is 11.4 Å². The van der Waals surface area contributed by atoms with Gasteiger partial charge in [0, 0.05) is 30.9 Å². The maximum atomic E-state index is 12.2. The molecule has 0 unspecified atom stereocenters. The molecule has 20 heavy (non-hydrogen) atoms. The van der Waals surface area contributed by atoms with E-state index in [1.54, 1.807) is 32.4 Å². The van der Waals surface area contributed by atoms with Crippen LogP contribution in [0.2, 0.25) is 5.02 Å². The highest BCUT2D eigenvalue weighted by Crippen LogP contribution is 2.22. The molecule has 108 valence electrons. The first-order valence-electron chi connectivity index (χ1n) is 5.88. The predicted octanol–water partition coefficient (Wildman–Crippen LogP) is 1.59. The monoisotopic (exact) mass is 314 g/mol. The zero-order valence-electron chi connectivity index (χ0n) is 11.1. The smallest absolute Gasteiger partial charge is 0.263 e. The van der Waals surface area contributed by atoms with Gasteiger partial charge in [-0.25, -0.2) is 8.42 Å². The Balaban J connectivity index is 2.27. The van der Waals surface area contributed by atoms with Gasteiger partial charge in [-0.3, -0.25) is 9.40 Å². The van der Waals surface area contributed by atoms with Crippen LogP contribution < -0.4 is 10.0 Å². The molecule has 0 aliphatic carbocycles. The summed E-state index contributed by atoms with van der Waals surface area (Å²) >= 11 is 6.07. The Morgan fingerprint density at radius 1 is 1.35 bits per heavy atom. The van der Waals surface area contributed by atoms with E-state index in [2.05, 4.69) is 15.1 Å². The summed E-state index contributed by atoms with van der Waals surface area (Å²) in [6.07, 6.45) is 1.65. The Morgan fingerprint density at radius 3 is 2.65 bits per heavy atom. The first kappa shape index (κ1) is 14.8. The van der Waals surface area contributed by atoms with E-state index < -0.39 is 10.0 Å². The van der Waals surface area contributed by atoms with Crippen molar-refractivity contribution in [3.05, 3.63) is 41.0 Å². The van der Waals surface area contributed by atoms with Crippen molar-refractivity contribution in [3.63, 3.8) is 0 Å². The second kappa shape index (κ2) is 5.82. The zero-order chi connectivity index (χ0) is 14.8. The van der Waals surface area contributed by atoms with Crippen molar-refractivity contribution in [1.82, 2.24) is 15.1 Å². The number of hydrogen-bond acceptors (Lipinski definition) is 4. The molecule has 0 bridgehead atoms. The van der Waals surface area contributed by atoms with E-state index in [-0.39, 0.29) is 10.7 Å². The molecule has 2 rings (SSSR count). The topological polar surface area (TPSA) is 76.0 Å². The van der Waals surface area contributed by atoms with Gasteiger partial charge in [0.15, 0.2) is 5.82 Å². The van der Waals surface area contributed by atoms with Gasteiger partial charge in [-0.05, 0) is 24.7 Å². The van der Waals surface area contributed by atoms with Gasteiger partial charge in [-0.1, -0.05) is 17.7 Å². The van der Waals surface area contributed by atoms with Gasteiger partial charge in [-0.2, -0.15) is 5.10 Å². The normalized spacial score (nSPS) is 11.6. The van der Waals surface area contributed by atoms with Gasteiger partial charge >= 0.3 is 0 Å². The van der Waals surface area contributed by atoms with Crippen LogP contribution >= 0.6 is 11.6 Å². The third kappa shape index (κ3) is 3.30. The number of nitrogens with zero attached hydrogens (tertiary/aromatic N) is 2. The van der Waals surface area contributed by atoms with Crippen LogP contribution in [-0.2, 0) is 23.6 Å². The number of anilines is 1. The van der Waals surface area contributed by atoms with Crippen molar-refractivity contribution in [2.75, 3.05) is 11.8 Å². The molecule has 0 atom stereocenters. The summed E-state index contributed by atoms with van der Waals surface area (Å²) in [6, 6.07) is 6.21. The van der Waals surface area contributed by atoms with Gasteiger partial charge < -0.3 is 5.32 Å². The Kier molecular flexibility index (Phi) is 4.32. The van der Waals surface area contributed by atoms with Crippen molar-refractivity contribution in [2.24, 2.45) is 7.05 Å². The number of nitrogens with one attached hydrogen (secondary N) is 2. The molecule has 6 nitrogen and oxygen atoms in total. The lowest BCUT2D eigenvalue weighted by molar-refractivity contribution is 0.601. The summed E-state index contributed by atoms with van der Waals surface area (Å²) in [5.41, 5.74) is 0.839. The Morgan fingerprint density at radius 2 is 2.10 bits per heavy atom. The lowest BCUT2D eigenvalue weighted by atomic mass is 10.2. The zero-order valence-corrected chi connectivity index (χ0v) is 12.7. The van der Waals surface area contributed by atoms with E-state index in [0.717, 1.165) is 5.56 Å². The van der Waals surface area contributed by atoms with E-state index in [1.165, 1.54) is 16.8 Å². The maximum absolute atomic E-state index is 12.2. The van der Waals surface area contributed by atoms with Gasteiger partial charge in [0.1, 0.15) is 0 Å². The fourth-order valence-electron chi connectivity index (χ4n) is 1.70. The molecule has 0 spiro atoms. The van der Waals surface area contributed by atoms with Crippen LogP contribution in [0.4, 0.5) is 5.82 Å². The number of hydrogen-bond donors (Lipinski definition) is 2. The minimum absolute atomic E-state index is 0.105. The van der Waals surface area contributed by atoms with Crippen LogP contribution in [0.25, 0.3) is 0 Å². The van der Waals surface area contributed by atoms with Gasteiger partial charge in [0.2, 0.25) is 0 Å². The quantitative estimate of drug-likeness (QED) is 0.879. The van der Waals surface area contributed by atoms with E-state index in [4.69, 9.17) is 11.6 Å². The Bertz CT molecular complexity index is 712. The molecule has 0 saturated carbocycles. The molecule has 0 saturated heterocycles. The lowest BCUT2D eigenvalue weighted by Crippen LogP contribution is -2.14. The van der Waals surface area contributed by atoms with Crippen molar-refractivity contribution >= 4 is 27.4 Å². The third-order valence-electron chi connectivity index (χ3n) is 2.65. The molecule has 0 aliphatic heterocycles. The summed E-state index contributed by atoms with van der Waals surface area (Å²) < 4.78 is 28.3. The highest BCUT2D eigenvalue weighted by atomic mass is 35.5. The molecule has 8 heteroatoms. The van der Waals surface area contributed by atoms with Crippen LogP contribution in [-0.4, -0.2) is 25.2 Å². The molecule has 0 radical (unpaired) electrons. The van der Waals surface area contributed by atoms with Crippen LogP contribution in [0, 0.1) is 0 Å². The number of aromatic nitrogens is 2. The summed E-state index contributed by atoms with van der Waals surface area (Å²) in [7, 11) is -0.180. The number of rotatable bonds is 5. The standard InChI is InChI=1S/C12H15ClN4O2S/c1-14-8-9-3-4-10(7-11(9)13)20(18,19)16-12-5-6-17(2)15-12/h3-7,14H,8H2,1-2H3,(H,15,16). The third-order valence-corrected chi connectivity index (χ3v) is 4.36. The highest BCUT2D eigenvalue weighted by molar-refractivity contribution is 7.92. The molecule has 1 heterocycles. The molecule has 2 aromatic rings. The molecule has 0 amide bonds. The Labute approximate surface area is 122 Å². The van der Waals surface area contributed by atoms with E-state index in [1.807, 2.05) is 0 Å². The molecular weight excluding hydrogens is 300 g/mol. The Hall–Kier alpha value is -1.57. The maximum Gasteiger partial charge on any atom is 0.263 e. The summed E-state index contributed by atoms with van der Waals surface area (Å²) in [5.74, 6) is 0.267. The molecule has 1 aromatic heterocycles. The van der Waals surface area contributed by atoms with Crippen LogP contribution in [0.1, 0.15) is 5.56 Å². The van der Waals surface area contributed by atoms with Crippen LogP contribution in [0.15, 0.2) is 35.4 Å². The molecular formula is C12H15ClN4O2S. The summed E-state index contributed by atoms with van der Waals surface area (Å²) in [5, 5.41) is 7.34. The van der Waals surface area contributed by atoms with Crippen molar-refractivity contribution in [1.29, 1.82) is 0 Å². The van der Waals surface area contributed by atoms with Gasteiger partial charge in [0.05, 0.1) is 4.90 Å². The first-order chi connectivity index (χ1) is 9.42. The van der Waals surface area contributed by atoms with E-state index >= 15 is 0 Å². The molecule has 1 aromatic carbocycles. The fourth-order valence-corrected chi connectivity index (χ4v) is 3.03. The van der Waals surface area contributed by atoms with Gasteiger partial charge in [-0.15, -0.1) is 0 Å². The molecule has 0 fully saturated rings. The minimum atomic E-state index is -3.68. The van der Waals surface area contributed by atoms with Crippen LogP contribution in [0.3, 0.4) is 0 Å². The van der Waals surface area contributed by atoms with Gasteiger partial charge in [0.25, 0.3) is 10.0 Å². The fraction of sp³-hybridized carbons (Fsp3) is 0.250. The second-order valence-electron chi connectivity index (χ2n) is 4.26. The summed E-state index contributed by atoms with van der Waals surface area (Å²) in [4.78, 5) is 0.105. The first-order valence-corrected chi connectivity index (χ1v) is 7.74. The number of sulfonamides is 1.